The number of nitrogens with one attached hydrogen (secondary N) is 1. The first-order valence-corrected chi connectivity index (χ1v) is 16.5. The van der Waals surface area contributed by atoms with Crippen molar-refractivity contribution in [2.75, 3.05) is 19.0 Å². The van der Waals surface area contributed by atoms with Crippen molar-refractivity contribution in [3.05, 3.63) is 77.3 Å². The summed E-state index contributed by atoms with van der Waals surface area (Å²) >= 11 is 0. The van der Waals surface area contributed by atoms with Gasteiger partial charge >= 0.3 is 5.97 Å². The zero-order valence-electron chi connectivity index (χ0n) is 29.3. The topological polar surface area (TPSA) is 164 Å². The molecule has 0 spiro atoms. The number of aryl methyl sites for hydroxylation is 3. The molecular formula is C37H42N6O7. The fraction of sp³-hybridized carbons (Fsp3) is 0.351. The van der Waals surface area contributed by atoms with E-state index in [1.54, 1.807) is 38.3 Å². The summed E-state index contributed by atoms with van der Waals surface area (Å²) < 4.78 is 21.6. The van der Waals surface area contributed by atoms with E-state index in [1.807, 2.05) is 42.1 Å². The van der Waals surface area contributed by atoms with E-state index in [0.29, 0.717) is 88.4 Å². The van der Waals surface area contributed by atoms with Gasteiger partial charge in [0.2, 0.25) is 5.95 Å². The molecule has 0 saturated carbocycles. The fourth-order valence-corrected chi connectivity index (χ4v) is 5.81. The summed E-state index contributed by atoms with van der Waals surface area (Å²) in [7, 11) is 1.58. The Hall–Kier alpha value is -5.72. The first-order chi connectivity index (χ1) is 23.9. The van der Waals surface area contributed by atoms with Crippen molar-refractivity contribution in [2.45, 2.75) is 73.4 Å². The lowest BCUT2D eigenvalue weighted by Crippen LogP contribution is -2.08. The third-order valence-electron chi connectivity index (χ3n) is 8.29. The molecule has 50 heavy (non-hydrogen) atoms. The van der Waals surface area contributed by atoms with Crippen molar-refractivity contribution < 1.29 is 33.4 Å². The number of ketones is 2. The van der Waals surface area contributed by atoms with Gasteiger partial charge in [0, 0.05) is 44.0 Å². The van der Waals surface area contributed by atoms with Gasteiger partial charge in [-0.05, 0) is 51.0 Å². The largest absolute Gasteiger partial charge is 0.494 e. The van der Waals surface area contributed by atoms with Crippen LogP contribution in [0.15, 0.2) is 47.4 Å². The maximum Gasteiger partial charge on any atom is 0.303 e. The molecule has 3 heterocycles. The number of Topliss-reactive ketones (excluding diaryl/α,β-unsaturated/α-hetero) is 2. The van der Waals surface area contributed by atoms with Gasteiger partial charge in [0.1, 0.15) is 28.4 Å². The number of carboxylic acid groups (broad SMARTS) is 1. The van der Waals surface area contributed by atoms with Gasteiger partial charge in [-0.3, -0.25) is 14.4 Å². The second kappa shape index (κ2) is 15.2. The standard InChI is InChI=1S/C37H42N6O7/c1-8-27-36(50-24(6)40-27)21(3)38-37-41-29-17-25(22(4)44)19-32(49-16-12-13-33(46)47)35(29)43(37)15-11-10-14-42-23(5)39-28-18-26(30(45)9-2)20-31(48-7)34(28)42/h10-11,17-20H,3,8-9,12-16H2,1-2,4-7H3,(H,38,41)(H,46,47)/b11-10+. The van der Waals surface area contributed by atoms with Crippen LogP contribution in [0, 0.1) is 13.8 Å². The number of imidazole rings is 2. The van der Waals surface area contributed by atoms with Gasteiger partial charge in [0.15, 0.2) is 23.2 Å². The van der Waals surface area contributed by atoms with Crippen LogP contribution in [0.2, 0.25) is 0 Å². The Kier molecular flexibility index (Phi) is 10.8. The monoisotopic (exact) mass is 682 g/mol. The number of aliphatic carboxylic acids is 1. The molecule has 5 aromatic rings. The fourth-order valence-electron chi connectivity index (χ4n) is 5.81. The van der Waals surface area contributed by atoms with E-state index in [1.165, 1.54) is 6.92 Å². The number of nitrogens with zero attached hydrogens (tertiary/aromatic N) is 5. The quantitative estimate of drug-likeness (QED) is 0.0593. The zero-order valence-corrected chi connectivity index (χ0v) is 29.3. The lowest BCUT2D eigenvalue weighted by Gasteiger charge is -2.13. The average Bonchev–Trinajstić information content (AvgIpc) is 3.75. The van der Waals surface area contributed by atoms with Crippen LogP contribution in [-0.4, -0.2) is 60.4 Å². The van der Waals surface area contributed by atoms with Crippen molar-refractivity contribution in [3.63, 3.8) is 0 Å². The number of carbonyl (C=O) groups excluding carboxylic acids is 2. The Bertz CT molecular complexity index is 2130. The maximum atomic E-state index is 12.5. The number of anilines is 1. The number of hydrogen-bond donors (Lipinski definition) is 2. The van der Waals surface area contributed by atoms with Crippen molar-refractivity contribution in [1.82, 2.24) is 24.1 Å². The van der Waals surface area contributed by atoms with E-state index in [-0.39, 0.29) is 31.0 Å². The van der Waals surface area contributed by atoms with Gasteiger partial charge in [0.25, 0.3) is 0 Å². The van der Waals surface area contributed by atoms with Crippen LogP contribution in [0.3, 0.4) is 0 Å². The Morgan fingerprint density at radius 2 is 1.62 bits per heavy atom. The number of carboxylic acids is 1. The lowest BCUT2D eigenvalue weighted by atomic mass is 10.1. The van der Waals surface area contributed by atoms with Gasteiger partial charge in [-0.25, -0.2) is 15.0 Å². The first kappa shape index (κ1) is 35.6. The van der Waals surface area contributed by atoms with Gasteiger partial charge < -0.3 is 33.4 Å². The van der Waals surface area contributed by atoms with Crippen molar-refractivity contribution >= 4 is 51.2 Å². The first-order valence-electron chi connectivity index (χ1n) is 16.5. The third-order valence-corrected chi connectivity index (χ3v) is 8.29. The van der Waals surface area contributed by atoms with Crippen molar-refractivity contribution in [2.24, 2.45) is 0 Å². The highest BCUT2D eigenvalue weighted by atomic mass is 16.5. The normalized spacial score (nSPS) is 11.5. The van der Waals surface area contributed by atoms with Gasteiger partial charge in [-0.2, -0.15) is 0 Å². The molecule has 2 aromatic carbocycles. The molecule has 0 aliphatic carbocycles. The Labute approximate surface area is 289 Å². The molecule has 0 unspecified atom stereocenters. The number of hydrogen-bond acceptors (Lipinski definition) is 10. The highest BCUT2D eigenvalue weighted by Crippen LogP contribution is 2.33. The van der Waals surface area contributed by atoms with Crippen molar-refractivity contribution in [1.29, 1.82) is 0 Å². The zero-order chi connectivity index (χ0) is 36.1. The van der Waals surface area contributed by atoms with Crippen LogP contribution in [0.5, 0.6) is 11.5 Å². The molecule has 0 amide bonds. The average molecular weight is 683 g/mol. The van der Waals surface area contributed by atoms with E-state index >= 15 is 0 Å². The molecule has 0 fully saturated rings. The van der Waals surface area contributed by atoms with E-state index in [0.717, 1.165) is 17.0 Å². The summed E-state index contributed by atoms with van der Waals surface area (Å²) in [6.45, 7) is 14.1. The highest BCUT2D eigenvalue weighted by Gasteiger charge is 2.21. The minimum atomic E-state index is -0.918. The predicted octanol–water partition coefficient (Wildman–Crippen LogP) is 6.94. The summed E-state index contributed by atoms with van der Waals surface area (Å²) in [5.74, 6) is 2.14. The second-order valence-electron chi connectivity index (χ2n) is 11.8. The molecule has 3 aromatic heterocycles. The van der Waals surface area contributed by atoms with Gasteiger partial charge in [0.05, 0.1) is 36.1 Å². The van der Waals surface area contributed by atoms with E-state index in [9.17, 15) is 14.4 Å². The second-order valence-corrected chi connectivity index (χ2v) is 11.8. The summed E-state index contributed by atoms with van der Waals surface area (Å²) in [6, 6.07) is 6.92. The number of rotatable bonds is 17. The van der Waals surface area contributed by atoms with Gasteiger partial charge in [-0.15, -0.1) is 0 Å². The van der Waals surface area contributed by atoms with Crippen LogP contribution < -0.4 is 14.8 Å². The SMILES string of the molecule is C=C(Nc1nc2cc(C(C)=O)cc(OCCCC(=O)O)c2n1C/C=C/Cn1c(C)nc2cc(C(=O)CC)cc(OC)c21)c1oc(C)nc1CC. The molecule has 2 N–H and O–H groups in total. The van der Waals surface area contributed by atoms with Crippen LogP contribution >= 0.6 is 0 Å². The molecule has 5 rings (SSSR count). The summed E-state index contributed by atoms with van der Waals surface area (Å²) in [5, 5.41) is 12.4. The van der Waals surface area contributed by atoms with E-state index in [4.69, 9.17) is 29.0 Å². The molecule has 0 aliphatic heterocycles. The number of methoxy groups -OCH3 is 1. The van der Waals surface area contributed by atoms with E-state index < -0.39 is 5.97 Å². The highest BCUT2D eigenvalue weighted by molar-refractivity contribution is 6.01. The van der Waals surface area contributed by atoms with Gasteiger partial charge in [-0.1, -0.05) is 32.6 Å². The molecule has 262 valence electrons. The number of oxazole rings is 1. The Balaban J connectivity index is 1.53. The lowest BCUT2D eigenvalue weighted by molar-refractivity contribution is -0.137. The minimum Gasteiger partial charge on any atom is -0.494 e. The Morgan fingerprint density at radius 1 is 0.960 bits per heavy atom. The van der Waals surface area contributed by atoms with Crippen molar-refractivity contribution in [3.8, 4) is 11.5 Å². The summed E-state index contributed by atoms with van der Waals surface area (Å²) in [6.07, 6.45) is 5.24. The predicted molar refractivity (Wildman–Crippen MR) is 190 cm³/mol. The third kappa shape index (κ3) is 7.46. The molecule has 0 aliphatic rings. The Morgan fingerprint density at radius 3 is 2.28 bits per heavy atom. The van der Waals surface area contributed by atoms with Crippen LogP contribution in [0.1, 0.15) is 83.9 Å². The molecule has 0 atom stereocenters. The molecular weight excluding hydrogens is 640 g/mol. The number of benzene rings is 2. The number of fused-ring (bicyclic) bond motifs is 2. The van der Waals surface area contributed by atoms with Crippen LogP contribution in [0.25, 0.3) is 27.8 Å². The molecule has 0 bridgehead atoms. The van der Waals surface area contributed by atoms with E-state index in [2.05, 4.69) is 16.9 Å². The smallest absolute Gasteiger partial charge is 0.303 e. The summed E-state index contributed by atoms with van der Waals surface area (Å²) in [4.78, 5) is 50.1. The number of aromatic nitrogens is 5. The molecule has 0 radical (unpaired) electrons. The van der Waals surface area contributed by atoms with Crippen LogP contribution in [0.4, 0.5) is 5.95 Å². The number of allylic oxidation sites excluding steroid dienone is 2. The summed E-state index contributed by atoms with van der Waals surface area (Å²) in [5.41, 5.74) is 4.79. The maximum absolute atomic E-state index is 12.5. The van der Waals surface area contributed by atoms with Crippen LogP contribution in [-0.2, 0) is 24.3 Å². The minimum absolute atomic E-state index is 0.0157. The number of ether oxygens (including phenoxy) is 2. The molecule has 13 nitrogen and oxygen atoms in total. The molecule has 0 saturated heterocycles. The molecule has 13 heteroatoms. The number of carbonyl (C=O) groups is 3.